The van der Waals surface area contributed by atoms with Gasteiger partial charge >= 0.3 is 11.1 Å². The Bertz CT molecular complexity index is 1230. The van der Waals surface area contributed by atoms with Gasteiger partial charge in [-0.2, -0.15) is 0 Å². The number of amides is 1. The van der Waals surface area contributed by atoms with Crippen LogP contribution in [-0.4, -0.2) is 46.1 Å². The van der Waals surface area contributed by atoms with Crippen LogP contribution >= 0.6 is 0 Å². The lowest BCUT2D eigenvalue weighted by Gasteiger charge is -2.37. The highest BCUT2D eigenvalue weighted by Gasteiger charge is 2.23. The number of fused-ring (bicyclic) bond motifs is 1. The zero-order valence-corrected chi connectivity index (χ0v) is 17.6. The summed E-state index contributed by atoms with van der Waals surface area (Å²) in [4.78, 5) is 41.9. The van der Waals surface area contributed by atoms with Crippen molar-refractivity contribution in [1.29, 1.82) is 0 Å². The molecule has 1 aliphatic rings. The fraction of sp³-hybridized carbons (Fsp3) is 0.348. The summed E-state index contributed by atoms with van der Waals surface area (Å²) in [5, 5.41) is 0. The van der Waals surface area contributed by atoms with Crippen molar-refractivity contribution in [1.82, 2.24) is 14.0 Å². The summed E-state index contributed by atoms with van der Waals surface area (Å²) in [6.45, 7) is 6.70. The van der Waals surface area contributed by atoms with E-state index in [-0.39, 0.29) is 12.5 Å². The summed E-state index contributed by atoms with van der Waals surface area (Å²) in [6.07, 6.45) is 0. The smallest absolute Gasteiger partial charge is 0.317 e. The molecule has 0 aliphatic carbocycles. The average molecular weight is 406 g/mol. The van der Waals surface area contributed by atoms with Crippen LogP contribution in [0.2, 0.25) is 0 Å². The van der Waals surface area contributed by atoms with Crippen molar-refractivity contribution in [3.63, 3.8) is 0 Å². The van der Waals surface area contributed by atoms with Crippen LogP contribution in [0.25, 0.3) is 11.0 Å². The third-order valence-electron chi connectivity index (χ3n) is 5.90. The second-order valence-corrected chi connectivity index (χ2v) is 7.90. The molecule has 2 aromatic carbocycles. The van der Waals surface area contributed by atoms with Gasteiger partial charge in [0.15, 0.2) is 0 Å². The van der Waals surface area contributed by atoms with E-state index in [0.717, 1.165) is 13.1 Å². The van der Waals surface area contributed by atoms with Gasteiger partial charge in [-0.05, 0) is 43.2 Å². The van der Waals surface area contributed by atoms with E-state index in [1.807, 2.05) is 6.07 Å². The topological polar surface area (TPSA) is 67.5 Å². The molecule has 4 rings (SSSR count). The van der Waals surface area contributed by atoms with Gasteiger partial charge < -0.3 is 14.4 Å². The Hall–Kier alpha value is -3.35. The maximum atomic E-state index is 13.0. The highest BCUT2D eigenvalue weighted by Crippen LogP contribution is 2.23. The Kier molecular flexibility index (Phi) is 5.20. The van der Waals surface area contributed by atoms with Crippen LogP contribution in [-0.2, 0) is 18.4 Å². The number of hydrogen-bond donors (Lipinski definition) is 0. The molecule has 156 valence electrons. The Balaban J connectivity index is 1.53. The number of aryl methyl sites for hydroxylation is 3. The predicted molar refractivity (Wildman–Crippen MR) is 118 cm³/mol. The van der Waals surface area contributed by atoms with Crippen molar-refractivity contribution in [2.24, 2.45) is 7.05 Å². The van der Waals surface area contributed by atoms with Crippen LogP contribution in [0, 0.1) is 13.8 Å². The molecule has 30 heavy (non-hydrogen) atoms. The highest BCUT2D eigenvalue weighted by atomic mass is 16.2. The van der Waals surface area contributed by atoms with Gasteiger partial charge in [0.05, 0.1) is 11.0 Å². The van der Waals surface area contributed by atoms with Crippen molar-refractivity contribution in [3.8, 4) is 0 Å². The summed E-state index contributed by atoms with van der Waals surface area (Å²) in [5.41, 5.74) is 3.57. The van der Waals surface area contributed by atoms with Crippen molar-refractivity contribution in [3.05, 3.63) is 74.3 Å². The zero-order chi connectivity index (χ0) is 21.4. The van der Waals surface area contributed by atoms with E-state index >= 15 is 0 Å². The van der Waals surface area contributed by atoms with Crippen molar-refractivity contribution in [2.45, 2.75) is 20.4 Å². The van der Waals surface area contributed by atoms with E-state index in [9.17, 15) is 14.4 Å². The molecule has 7 heteroatoms. The summed E-state index contributed by atoms with van der Waals surface area (Å²) in [7, 11) is 1.57. The Morgan fingerprint density at radius 2 is 1.57 bits per heavy atom. The normalized spacial score (nSPS) is 14.4. The maximum absolute atomic E-state index is 13.0. The number of carbonyl (C=O) groups excluding carboxylic acids is 1. The largest absolute Gasteiger partial charge is 0.368 e. The van der Waals surface area contributed by atoms with E-state index in [4.69, 9.17) is 0 Å². The Morgan fingerprint density at radius 3 is 2.27 bits per heavy atom. The van der Waals surface area contributed by atoms with Crippen LogP contribution in [0.4, 0.5) is 5.69 Å². The molecule has 1 aliphatic heterocycles. The van der Waals surface area contributed by atoms with E-state index in [2.05, 4.69) is 36.9 Å². The summed E-state index contributed by atoms with van der Waals surface area (Å²) >= 11 is 0. The number of hydrogen-bond acceptors (Lipinski definition) is 4. The first-order chi connectivity index (χ1) is 14.4. The molecule has 1 aromatic heterocycles. The Labute approximate surface area is 174 Å². The van der Waals surface area contributed by atoms with Gasteiger partial charge in [0, 0.05) is 38.9 Å². The maximum Gasteiger partial charge on any atom is 0.317 e. The molecular weight excluding hydrogens is 380 g/mol. The quantitative estimate of drug-likeness (QED) is 0.621. The van der Waals surface area contributed by atoms with Crippen molar-refractivity contribution in [2.75, 3.05) is 31.1 Å². The van der Waals surface area contributed by atoms with E-state index in [0.29, 0.717) is 24.1 Å². The first kappa shape index (κ1) is 19.9. The molecule has 3 aromatic rings. The van der Waals surface area contributed by atoms with E-state index < -0.39 is 11.1 Å². The fourth-order valence-corrected chi connectivity index (χ4v) is 4.10. The molecule has 0 radical (unpaired) electrons. The minimum absolute atomic E-state index is 0.126. The number of nitrogens with zero attached hydrogens (tertiary/aromatic N) is 4. The lowest BCUT2D eigenvalue weighted by atomic mass is 10.1. The molecule has 0 unspecified atom stereocenters. The standard InChI is InChI=1S/C23H26N4O3/c1-16-8-9-17(2)20(14-16)25-10-12-26(13-11-25)21(28)15-27-19-7-5-4-6-18(19)24(3)22(29)23(27)30/h4-9,14H,10-13,15H2,1-3H3. The molecule has 1 fully saturated rings. The van der Waals surface area contributed by atoms with Crippen molar-refractivity contribution < 1.29 is 4.79 Å². The minimum Gasteiger partial charge on any atom is -0.368 e. The van der Waals surface area contributed by atoms with Crippen LogP contribution in [0.15, 0.2) is 52.1 Å². The van der Waals surface area contributed by atoms with Gasteiger partial charge in [-0.25, -0.2) is 0 Å². The number of benzene rings is 2. The minimum atomic E-state index is -0.668. The van der Waals surface area contributed by atoms with Gasteiger partial charge in [0.25, 0.3) is 0 Å². The third-order valence-corrected chi connectivity index (χ3v) is 5.90. The van der Waals surface area contributed by atoms with Gasteiger partial charge in [0.1, 0.15) is 6.54 Å². The molecule has 0 spiro atoms. The average Bonchev–Trinajstić information content (AvgIpc) is 2.77. The van der Waals surface area contributed by atoms with Crippen LogP contribution in [0.1, 0.15) is 11.1 Å². The van der Waals surface area contributed by atoms with Crippen LogP contribution in [0.5, 0.6) is 0 Å². The van der Waals surface area contributed by atoms with Gasteiger partial charge in [-0.1, -0.05) is 24.3 Å². The van der Waals surface area contributed by atoms with Gasteiger partial charge in [-0.15, -0.1) is 0 Å². The molecule has 0 atom stereocenters. The molecule has 0 N–H and O–H groups in total. The van der Waals surface area contributed by atoms with Crippen LogP contribution < -0.4 is 16.0 Å². The number of para-hydroxylation sites is 2. The highest BCUT2D eigenvalue weighted by molar-refractivity contribution is 5.80. The van der Waals surface area contributed by atoms with E-state index in [1.165, 1.54) is 25.9 Å². The SMILES string of the molecule is Cc1ccc(C)c(N2CCN(C(=O)Cn3c(=O)c(=O)n(C)c4ccccc43)CC2)c1. The first-order valence-corrected chi connectivity index (χ1v) is 10.2. The number of rotatable bonds is 3. The molecule has 0 bridgehead atoms. The Morgan fingerprint density at radius 1 is 0.900 bits per heavy atom. The van der Waals surface area contributed by atoms with Crippen LogP contribution in [0.3, 0.4) is 0 Å². The molecule has 1 saturated heterocycles. The monoisotopic (exact) mass is 406 g/mol. The third kappa shape index (κ3) is 3.51. The lowest BCUT2D eigenvalue weighted by Crippen LogP contribution is -2.51. The number of aromatic nitrogens is 2. The molecule has 1 amide bonds. The fourth-order valence-electron chi connectivity index (χ4n) is 4.10. The molecule has 2 heterocycles. The number of anilines is 1. The summed E-state index contributed by atoms with van der Waals surface area (Å²) in [6, 6.07) is 13.6. The summed E-state index contributed by atoms with van der Waals surface area (Å²) < 4.78 is 2.64. The molecule has 0 saturated carbocycles. The second kappa shape index (κ2) is 7.82. The number of carbonyl (C=O) groups is 1. The van der Waals surface area contributed by atoms with Crippen molar-refractivity contribution >= 4 is 22.6 Å². The molecular formula is C23H26N4O3. The zero-order valence-electron chi connectivity index (χ0n) is 17.6. The van der Waals surface area contributed by atoms with Gasteiger partial charge in [-0.3, -0.25) is 19.0 Å². The van der Waals surface area contributed by atoms with Gasteiger partial charge in [0.2, 0.25) is 5.91 Å². The molecule has 7 nitrogen and oxygen atoms in total. The van der Waals surface area contributed by atoms with E-state index in [1.54, 1.807) is 30.1 Å². The lowest BCUT2D eigenvalue weighted by molar-refractivity contribution is -0.132. The summed E-state index contributed by atoms with van der Waals surface area (Å²) in [5.74, 6) is -0.142. The predicted octanol–water partition coefficient (Wildman–Crippen LogP) is 1.67. The second-order valence-electron chi connectivity index (χ2n) is 7.90. The number of piperazine rings is 1. The first-order valence-electron chi connectivity index (χ1n) is 10.2.